The monoisotopic (exact) mass is 600 g/mol. The minimum Gasteiger partial charge on any atom is -0.379 e. The van der Waals surface area contributed by atoms with Crippen LogP contribution in [0.2, 0.25) is 0 Å². The van der Waals surface area contributed by atoms with Gasteiger partial charge in [0.2, 0.25) is 0 Å². The van der Waals surface area contributed by atoms with Crippen LogP contribution in [-0.4, -0.2) is 76.4 Å². The molecule has 1 amide bonds. The molecule has 230 valence electrons. The largest absolute Gasteiger partial charge is 0.416 e. The van der Waals surface area contributed by atoms with Crippen LogP contribution in [0.3, 0.4) is 0 Å². The second kappa shape index (κ2) is 11.0. The van der Waals surface area contributed by atoms with Crippen LogP contribution in [0.15, 0.2) is 42.7 Å². The number of piperazine rings is 1. The van der Waals surface area contributed by atoms with E-state index in [1.165, 1.54) is 21.9 Å². The molecule has 2 saturated heterocycles. The lowest BCUT2D eigenvalue weighted by Gasteiger charge is -2.43. The van der Waals surface area contributed by atoms with Gasteiger partial charge in [-0.3, -0.25) is 9.69 Å². The number of alkyl halides is 4. The summed E-state index contributed by atoms with van der Waals surface area (Å²) in [6.45, 7) is 6.91. The van der Waals surface area contributed by atoms with Crippen molar-refractivity contribution in [1.29, 1.82) is 0 Å². The Kier molecular flexibility index (Phi) is 7.58. The highest BCUT2D eigenvalue weighted by atomic mass is 19.4. The molecule has 2 atom stereocenters. The lowest BCUT2D eigenvalue weighted by Crippen LogP contribution is -2.53. The number of likely N-dealkylation sites (N-methyl/N-ethyl adjacent to an activating group) is 1. The van der Waals surface area contributed by atoms with Crippen LogP contribution in [0, 0.1) is 5.92 Å². The third kappa shape index (κ3) is 5.23. The number of fused-ring (bicyclic) bond motifs is 1. The van der Waals surface area contributed by atoms with E-state index in [1.807, 2.05) is 0 Å². The van der Waals surface area contributed by atoms with Crippen LogP contribution in [0.5, 0.6) is 0 Å². The number of aromatic nitrogens is 3. The fraction of sp³-hybridized carbons (Fsp3) is 0.516. The van der Waals surface area contributed by atoms with Crippen molar-refractivity contribution in [2.75, 3.05) is 44.8 Å². The maximum absolute atomic E-state index is 15.9. The maximum Gasteiger partial charge on any atom is 0.416 e. The number of nitrogens with zero attached hydrogens (tertiary/aromatic N) is 6. The summed E-state index contributed by atoms with van der Waals surface area (Å²) in [6.07, 6.45) is -4.73. The van der Waals surface area contributed by atoms with Gasteiger partial charge in [-0.25, -0.2) is 4.39 Å². The first kappa shape index (κ1) is 29.7. The Morgan fingerprint density at radius 1 is 1.12 bits per heavy atom. The summed E-state index contributed by atoms with van der Waals surface area (Å²) < 4.78 is 66.0. The summed E-state index contributed by atoms with van der Waals surface area (Å²) >= 11 is 0. The van der Waals surface area contributed by atoms with Crippen molar-refractivity contribution in [2.24, 2.45) is 13.0 Å². The Morgan fingerprint density at radius 3 is 2.51 bits per heavy atom. The van der Waals surface area contributed by atoms with Crippen molar-refractivity contribution >= 4 is 11.6 Å². The summed E-state index contributed by atoms with van der Waals surface area (Å²) in [5.74, 6) is 0.0610. The molecule has 12 heteroatoms. The molecule has 0 saturated carbocycles. The summed E-state index contributed by atoms with van der Waals surface area (Å²) in [5, 5.41) is 7.72. The third-order valence-corrected chi connectivity index (χ3v) is 9.27. The number of hydrogen-bond acceptors (Lipinski definition) is 6. The number of benzene rings is 2. The smallest absolute Gasteiger partial charge is 0.379 e. The SMILES string of the molecule is CC(C)[C@@H]1CN(Cc2cc3c(c(C(F)(F)F)c2)CN(c2cccc(C4([C@@H](F)c5nncn5C)COC4)c2)C3=O)CCN1C. The molecule has 6 rings (SSSR count). The molecule has 3 aliphatic heterocycles. The highest BCUT2D eigenvalue weighted by Gasteiger charge is 2.51. The molecule has 3 aliphatic rings. The van der Waals surface area contributed by atoms with Crippen LogP contribution in [0.1, 0.15) is 58.5 Å². The summed E-state index contributed by atoms with van der Waals surface area (Å²) in [5.41, 5.74) is -0.338. The maximum atomic E-state index is 15.9. The molecule has 0 radical (unpaired) electrons. The molecule has 0 N–H and O–H groups in total. The van der Waals surface area contributed by atoms with E-state index in [0.717, 1.165) is 19.6 Å². The molecule has 2 fully saturated rings. The summed E-state index contributed by atoms with van der Waals surface area (Å²) in [4.78, 5) is 19.5. The van der Waals surface area contributed by atoms with Gasteiger partial charge in [-0.15, -0.1) is 10.2 Å². The number of hydrogen-bond donors (Lipinski definition) is 0. The van der Waals surface area contributed by atoms with E-state index in [2.05, 4.69) is 40.9 Å². The Balaban J connectivity index is 1.30. The Hall–Kier alpha value is -3.35. The fourth-order valence-electron chi connectivity index (χ4n) is 6.64. The summed E-state index contributed by atoms with van der Waals surface area (Å²) in [7, 11) is 3.73. The van der Waals surface area contributed by atoms with Crippen LogP contribution in [0.25, 0.3) is 0 Å². The topological polar surface area (TPSA) is 66.7 Å². The molecule has 43 heavy (non-hydrogen) atoms. The minimum absolute atomic E-state index is 0.0331. The van der Waals surface area contributed by atoms with Crippen LogP contribution < -0.4 is 4.90 Å². The van der Waals surface area contributed by atoms with Crippen molar-refractivity contribution < 1.29 is 27.1 Å². The molecule has 0 unspecified atom stereocenters. The number of amides is 1. The number of anilines is 1. The third-order valence-electron chi connectivity index (χ3n) is 9.27. The molecule has 8 nitrogen and oxygen atoms in total. The van der Waals surface area contributed by atoms with Crippen LogP contribution in [-0.2, 0) is 36.5 Å². The van der Waals surface area contributed by atoms with Gasteiger partial charge >= 0.3 is 6.18 Å². The Morgan fingerprint density at radius 2 is 1.88 bits per heavy atom. The normalized spacial score (nSPS) is 21.7. The van der Waals surface area contributed by atoms with Crippen molar-refractivity contribution in [3.8, 4) is 0 Å². The first-order chi connectivity index (χ1) is 20.4. The van der Waals surface area contributed by atoms with Crippen LogP contribution >= 0.6 is 0 Å². The van der Waals surface area contributed by atoms with Gasteiger partial charge in [-0.1, -0.05) is 26.0 Å². The molecular formula is C31H36F4N6O2. The quantitative estimate of drug-likeness (QED) is 0.365. The number of halogens is 4. The van der Waals surface area contributed by atoms with E-state index in [4.69, 9.17) is 4.74 Å². The molecule has 4 heterocycles. The molecular weight excluding hydrogens is 564 g/mol. The van der Waals surface area contributed by atoms with Crippen molar-refractivity contribution in [3.63, 3.8) is 0 Å². The van der Waals surface area contributed by atoms with Gasteiger partial charge < -0.3 is 19.1 Å². The average molecular weight is 601 g/mol. The van der Waals surface area contributed by atoms with E-state index in [0.29, 0.717) is 35.3 Å². The van der Waals surface area contributed by atoms with Gasteiger partial charge in [0.1, 0.15) is 6.33 Å². The van der Waals surface area contributed by atoms with Crippen molar-refractivity contribution in [1.82, 2.24) is 24.6 Å². The number of aryl methyl sites for hydroxylation is 1. The van der Waals surface area contributed by atoms with E-state index >= 15 is 4.39 Å². The van der Waals surface area contributed by atoms with Gasteiger partial charge in [-0.05, 0) is 53.9 Å². The predicted molar refractivity (Wildman–Crippen MR) is 152 cm³/mol. The lowest BCUT2D eigenvalue weighted by atomic mass is 9.74. The van der Waals surface area contributed by atoms with Gasteiger partial charge in [0.25, 0.3) is 5.91 Å². The molecule has 0 aliphatic carbocycles. The second-order valence-corrected chi connectivity index (χ2v) is 12.4. The number of rotatable bonds is 7. The first-order valence-corrected chi connectivity index (χ1v) is 14.5. The fourth-order valence-corrected chi connectivity index (χ4v) is 6.64. The van der Waals surface area contributed by atoms with Gasteiger partial charge in [0.15, 0.2) is 12.0 Å². The van der Waals surface area contributed by atoms with Gasteiger partial charge in [-0.2, -0.15) is 13.2 Å². The number of carbonyl (C=O) groups excluding carboxylic acids is 1. The minimum atomic E-state index is -4.62. The van der Waals surface area contributed by atoms with E-state index < -0.39 is 29.2 Å². The van der Waals surface area contributed by atoms with E-state index in [1.54, 1.807) is 37.4 Å². The van der Waals surface area contributed by atoms with E-state index in [9.17, 15) is 18.0 Å². The first-order valence-electron chi connectivity index (χ1n) is 14.5. The molecule has 2 aromatic carbocycles. The van der Waals surface area contributed by atoms with Gasteiger partial charge in [0.05, 0.1) is 30.7 Å². The summed E-state index contributed by atoms with van der Waals surface area (Å²) in [6, 6.07) is 9.91. The highest BCUT2D eigenvalue weighted by Crippen LogP contribution is 2.47. The Labute approximate surface area is 248 Å². The molecule has 1 aromatic heterocycles. The lowest BCUT2D eigenvalue weighted by molar-refractivity contribution is -0.138. The van der Waals surface area contributed by atoms with E-state index in [-0.39, 0.29) is 36.7 Å². The standard InChI is InChI=1S/C31H36F4N6O2/c1-19(2)26-15-40(9-8-38(26)3)13-20-10-23-24(25(11-20)31(33,34)35)14-41(29(23)42)22-7-5-6-21(12-22)30(16-43-17-30)27(32)28-37-36-18-39(28)4/h5-7,10-12,18-19,26-27H,8-9,13-17H2,1-4H3/t26-,27-/m0/s1. The molecule has 0 spiro atoms. The predicted octanol–water partition coefficient (Wildman–Crippen LogP) is 4.75. The number of ether oxygens (including phenoxy) is 1. The second-order valence-electron chi connectivity index (χ2n) is 12.4. The zero-order valence-electron chi connectivity index (χ0n) is 24.7. The van der Waals surface area contributed by atoms with Crippen molar-refractivity contribution in [2.45, 2.75) is 50.7 Å². The Bertz CT molecular complexity index is 1520. The van der Waals surface area contributed by atoms with Crippen molar-refractivity contribution in [3.05, 3.63) is 76.4 Å². The highest BCUT2D eigenvalue weighted by molar-refractivity contribution is 6.10. The zero-order chi connectivity index (χ0) is 30.7. The van der Waals surface area contributed by atoms with Crippen LogP contribution in [0.4, 0.5) is 23.2 Å². The molecule has 0 bridgehead atoms. The molecule has 3 aromatic rings. The average Bonchev–Trinajstić information content (AvgIpc) is 3.51. The van der Waals surface area contributed by atoms with Gasteiger partial charge in [0, 0.05) is 50.5 Å². The zero-order valence-corrected chi connectivity index (χ0v) is 24.7. The number of carbonyl (C=O) groups is 1.